The van der Waals surface area contributed by atoms with Crippen LogP contribution < -0.4 is 10.1 Å². The molecule has 2 rings (SSSR count). The van der Waals surface area contributed by atoms with Gasteiger partial charge < -0.3 is 19.9 Å². The van der Waals surface area contributed by atoms with E-state index < -0.39 is 6.10 Å². The molecule has 1 saturated heterocycles. The quantitative estimate of drug-likeness (QED) is 0.904. The number of urea groups is 1. The largest absolute Gasteiger partial charge is 0.481 e. The van der Waals surface area contributed by atoms with Gasteiger partial charge in [0.15, 0.2) is 6.10 Å². The Bertz CT molecular complexity index is 569. The first-order valence-corrected chi connectivity index (χ1v) is 8.43. The van der Waals surface area contributed by atoms with Crippen molar-refractivity contribution in [3.63, 3.8) is 0 Å². The maximum Gasteiger partial charge on any atom is 0.319 e. The molecule has 24 heavy (non-hydrogen) atoms. The molecule has 7 heteroatoms. The molecule has 3 amide bonds. The van der Waals surface area contributed by atoms with Crippen LogP contribution in [0.3, 0.4) is 0 Å². The topological polar surface area (TPSA) is 61.9 Å². The first kappa shape index (κ1) is 18.4. The monoisotopic (exact) mass is 353 g/mol. The van der Waals surface area contributed by atoms with Gasteiger partial charge in [0.05, 0.1) is 0 Å². The number of nitrogens with zero attached hydrogens (tertiary/aromatic N) is 2. The predicted octanol–water partition coefficient (Wildman–Crippen LogP) is 2.37. The van der Waals surface area contributed by atoms with Crippen LogP contribution in [0.15, 0.2) is 24.3 Å². The molecule has 1 unspecified atom stereocenters. The summed E-state index contributed by atoms with van der Waals surface area (Å²) in [4.78, 5) is 27.5. The second-order valence-electron chi connectivity index (χ2n) is 6.16. The van der Waals surface area contributed by atoms with Gasteiger partial charge in [-0.3, -0.25) is 4.79 Å². The van der Waals surface area contributed by atoms with Gasteiger partial charge in [-0.1, -0.05) is 11.6 Å². The number of nitrogens with one attached hydrogen (secondary N) is 1. The van der Waals surface area contributed by atoms with Crippen molar-refractivity contribution in [2.75, 3.05) is 27.2 Å². The minimum absolute atomic E-state index is 0.0132. The van der Waals surface area contributed by atoms with Gasteiger partial charge in [-0.25, -0.2) is 4.79 Å². The van der Waals surface area contributed by atoms with E-state index in [1.807, 2.05) is 0 Å². The summed E-state index contributed by atoms with van der Waals surface area (Å²) in [5.41, 5.74) is 0. The molecule has 0 saturated carbocycles. The van der Waals surface area contributed by atoms with Gasteiger partial charge in [0.25, 0.3) is 5.91 Å². The maximum absolute atomic E-state index is 12.3. The highest BCUT2D eigenvalue weighted by atomic mass is 35.5. The van der Waals surface area contributed by atoms with Crippen molar-refractivity contribution in [2.45, 2.75) is 31.9 Å². The van der Waals surface area contributed by atoms with Crippen molar-refractivity contribution < 1.29 is 14.3 Å². The molecule has 1 aromatic rings. The highest BCUT2D eigenvalue weighted by Crippen LogP contribution is 2.17. The Morgan fingerprint density at radius 1 is 1.25 bits per heavy atom. The summed E-state index contributed by atoms with van der Waals surface area (Å²) in [5, 5.41) is 3.62. The molecule has 0 bridgehead atoms. The van der Waals surface area contributed by atoms with E-state index in [4.69, 9.17) is 16.3 Å². The fraction of sp³-hybridized carbons (Fsp3) is 0.529. The van der Waals surface area contributed by atoms with Crippen LogP contribution >= 0.6 is 11.6 Å². The zero-order valence-corrected chi connectivity index (χ0v) is 15.0. The van der Waals surface area contributed by atoms with E-state index in [0.29, 0.717) is 23.9 Å². The Balaban J connectivity index is 1.78. The van der Waals surface area contributed by atoms with Crippen LogP contribution in [0.4, 0.5) is 4.79 Å². The molecular formula is C17H24ClN3O3. The number of likely N-dealkylation sites (tertiary alicyclic amines) is 1. The first-order valence-electron chi connectivity index (χ1n) is 8.05. The molecule has 6 nitrogen and oxygen atoms in total. The Kier molecular flexibility index (Phi) is 6.31. The van der Waals surface area contributed by atoms with Gasteiger partial charge in [-0.15, -0.1) is 0 Å². The molecule has 132 valence electrons. The lowest BCUT2D eigenvalue weighted by Gasteiger charge is -2.34. The molecule has 0 aromatic heterocycles. The molecule has 1 heterocycles. The number of ether oxygens (including phenoxy) is 1. The lowest BCUT2D eigenvalue weighted by Crippen LogP contribution is -2.50. The van der Waals surface area contributed by atoms with E-state index >= 15 is 0 Å². The van der Waals surface area contributed by atoms with Crippen molar-refractivity contribution in [3.8, 4) is 5.75 Å². The number of carbonyl (C=O) groups excluding carboxylic acids is 2. The fourth-order valence-electron chi connectivity index (χ4n) is 2.59. The SMILES string of the molecule is CC(Oc1ccc(Cl)cc1)C(=O)NC1CCN(C(=O)N(C)C)CC1. The molecule has 1 aliphatic rings. The van der Waals surface area contributed by atoms with Crippen LogP contribution in [0.25, 0.3) is 0 Å². The number of hydrogen-bond donors (Lipinski definition) is 1. The molecule has 1 atom stereocenters. The van der Waals surface area contributed by atoms with E-state index in [9.17, 15) is 9.59 Å². The van der Waals surface area contributed by atoms with Gasteiger partial charge in [-0.2, -0.15) is 0 Å². The second kappa shape index (κ2) is 8.24. The molecular weight excluding hydrogens is 330 g/mol. The van der Waals surface area contributed by atoms with Crippen LogP contribution in [0, 0.1) is 0 Å². The fourth-order valence-corrected chi connectivity index (χ4v) is 2.71. The summed E-state index contributed by atoms with van der Waals surface area (Å²) in [6, 6.07) is 6.99. The smallest absolute Gasteiger partial charge is 0.319 e. The highest BCUT2D eigenvalue weighted by molar-refractivity contribution is 6.30. The number of carbonyl (C=O) groups is 2. The number of amides is 3. The van der Waals surface area contributed by atoms with Gasteiger partial charge >= 0.3 is 6.03 Å². The van der Waals surface area contributed by atoms with Crippen LogP contribution in [0.1, 0.15) is 19.8 Å². The summed E-state index contributed by atoms with van der Waals surface area (Å²) in [6.07, 6.45) is 0.908. The molecule has 1 N–H and O–H groups in total. The summed E-state index contributed by atoms with van der Waals surface area (Å²) < 4.78 is 5.62. The maximum atomic E-state index is 12.3. The lowest BCUT2D eigenvalue weighted by molar-refractivity contribution is -0.128. The van der Waals surface area contributed by atoms with Gasteiger partial charge in [-0.05, 0) is 44.0 Å². The number of halogens is 1. The standard InChI is InChI=1S/C17H24ClN3O3/c1-12(24-15-6-4-13(18)5-7-15)16(22)19-14-8-10-21(11-9-14)17(23)20(2)3/h4-7,12,14H,8-11H2,1-3H3,(H,19,22). The Hall–Kier alpha value is -1.95. The molecule has 1 aliphatic heterocycles. The van der Waals surface area contributed by atoms with Crippen molar-refractivity contribution in [3.05, 3.63) is 29.3 Å². The average molecular weight is 354 g/mol. The van der Waals surface area contributed by atoms with Gasteiger partial charge in [0.1, 0.15) is 5.75 Å². The van der Waals surface area contributed by atoms with Crippen LogP contribution in [-0.4, -0.2) is 61.1 Å². The normalized spacial score (nSPS) is 16.4. The number of hydrogen-bond acceptors (Lipinski definition) is 3. The number of rotatable bonds is 4. The minimum Gasteiger partial charge on any atom is -0.481 e. The molecule has 1 fully saturated rings. The van der Waals surface area contributed by atoms with Gasteiger partial charge in [0, 0.05) is 38.2 Å². The summed E-state index contributed by atoms with van der Waals surface area (Å²) in [7, 11) is 3.48. The number of benzene rings is 1. The first-order chi connectivity index (χ1) is 11.4. The molecule has 0 aliphatic carbocycles. The Morgan fingerprint density at radius 2 is 1.83 bits per heavy atom. The number of piperidine rings is 1. The van der Waals surface area contributed by atoms with E-state index in [-0.39, 0.29) is 18.0 Å². The molecule has 1 aromatic carbocycles. The van der Waals surface area contributed by atoms with E-state index in [0.717, 1.165) is 12.8 Å². The summed E-state index contributed by atoms with van der Waals surface area (Å²) >= 11 is 5.83. The van der Waals surface area contributed by atoms with Crippen LogP contribution in [0.5, 0.6) is 5.75 Å². The van der Waals surface area contributed by atoms with Gasteiger partial charge in [0.2, 0.25) is 0 Å². The second-order valence-corrected chi connectivity index (χ2v) is 6.60. The van der Waals surface area contributed by atoms with E-state index in [2.05, 4.69) is 5.32 Å². The van der Waals surface area contributed by atoms with Crippen molar-refractivity contribution in [2.24, 2.45) is 0 Å². The summed E-state index contributed by atoms with van der Waals surface area (Å²) in [5.74, 6) is 0.454. The Morgan fingerprint density at radius 3 is 2.38 bits per heavy atom. The van der Waals surface area contributed by atoms with Crippen molar-refractivity contribution in [1.82, 2.24) is 15.1 Å². The third kappa shape index (κ3) is 5.03. The Labute approximate surface area is 147 Å². The summed E-state index contributed by atoms with van der Waals surface area (Å²) in [6.45, 7) is 3.01. The lowest BCUT2D eigenvalue weighted by atomic mass is 10.1. The molecule has 0 spiro atoms. The zero-order chi connectivity index (χ0) is 17.7. The average Bonchev–Trinajstić information content (AvgIpc) is 2.56. The third-order valence-electron chi connectivity index (χ3n) is 3.99. The highest BCUT2D eigenvalue weighted by Gasteiger charge is 2.26. The van der Waals surface area contributed by atoms with Crippen molar-refractivity contribution in [1.29, 1.82) is 0 Å². The van der Waals surface area contributed by atoms with Crippen molar-refractivity contribution >= 4 is 23.5 Å². The third-order valence-corrected chi connectivity index (χ3v) is 4.24. The minimum atomic E-state index is -0.590. The van der Waals surface area contributed by atoms with E-state index in [1.54, 1.807) is 55.1 Å². The molecule has 0 radical (unpaired) electrons. The van der Waals surface area contributed by atoms with Crippen LogP contribution in [-0.2, 0) is 4.79 Å². The predicted molar refractivity (Wildman–Crippen MR) is 93.4 cm³/mol. The van der Waals surface area contributed by atoms with Crippen LogP contribution in [0.2, 0.25) is 5.02 Å². The van der Waals surface area contributed by atoms with E-state index in [1.165, 1.54) is 0 Å². The zero-order valence-electron chi connectivity index (χ0n) is 14.3.